The number of H-pyrrole nitrogens is 1. The maximum Gasteiger partial charge on any atom is 0.310 e. The van der Waals surface area contributed by atoms with Crippen molar-refractivity contribution >= 4 is 34.3 Å². The lowest BCUT2D eigenvalue weighted by molar-refractivity contribution is -0.138. The number of ketones is 1. The van der Waals surface area contributed by atoms with Crippen LogP contribution in [0.1, 0.15) is 40.0 Å². The Morgan fingerprint density at radius 2 is 1.81 bits per heavy atom. The topological polar surface area (TPSA) is 79.4 Å². The zero-order chi connectivity index (χ0) is 22.0. The summed E-state index contributed by atoms with van der Waals surface area (Å²) in [6.07, 6.45) is 0. The molecule has 3 aromatic carbocycles. The number of rotatable bonds is 7. The number of fused-ring (bicyclic) bond motifs is 1. The summed E-state index contributed by atoms with van der Waals surface area (Å²) in [6.45, 7) is 1.94. The molecule has 4 rings (SSSR count). The van der Waals surface area contributed by atoms with Crippen LogP contribution in [0.5, 0.6) is 5.75 Å². The number of nitrogens with one attached hydrogen (secondary N) is 1. The molecule has 1 unspecified atom stereocenters. The van der Waals surface area contributed by atoms with Crippen LogP contribution in [0.15, 0.2) is 72.8 Å². The molecule has 0 spiro atoms. The molecule has 1 atom stereocenters. The number of carboxylic acids is 1. The smallest absolute Gasteiger partial charge is 0.310 e. The second-order valence-corrected chi connectivity index (χ2v) is 7.73. The van der Waals surface area contributed by atoms with E-state index in [1.165, 1.54) is 0 Å². The molecule has 31 heavy (non-hydrogen) atoms. The molecule has 0 bridgehead atoms. The lowest BCUT2D eigenvalue weighted by atomic mass is 9.94. The van der Waals surface area contributed by atoms with Crippen molar-refractivity contribution in [3.05, 3.63) is 100 Å². The third-order valence-corrected chi connectivity index (χ3v) is 5.41. The first-order valence-electron chi connectivity index (χ1n) is 9.79. The van der Waals surface area contributed by atoms with Crippen LogP contribution in [0.25, 0.3) is 10.9 Å². The minimum atomic E-state index is -1.01. The Morgan fingerprint density at radius 1 is 1.03 bits per heavy atom. The molecule has 1 aromatic heterocycles. The molecular formula is C25H20ClNO4. The summed E-state index contributed by atoms with van der Waals surface area (Å²) < 4.78 is 5.84. The number of hydrogen-bond donors (Lipinski definition) is 2. The van der Waals surface area contributed by atoms with E-state index in [1.54, 1.807) is 49.4 Å². The van der Waals surface area contributed by atoms with Gasteiger partial charge in [-0.15, -0.1) is 0 Å². The van der Waals surface area contributed by atoms with Gasteiger partial charge in [0.25, 0.3) is 0 Å². The van der Waals surface area contributed by atoms with E-state index in [0.29, 0.717) is 39.4 Å². The molecule has 1 heterocycles. The quantitative estimate of drug-likeness (QED) is 0.360. The van der Waals surface area contributed by atoms with Crippen molar-refractivity contribution in [2.45, 2.75) is 19.4 Å². The number of aromatic nitrogens is 1. The Bertz CT molecular complexity index is 1260. The maximum absolute atomic E-state index is 13.4. The first-order chi connectivity index (χ1) is 14.9. The Labute approximate surface area is 184 Å². The van der Waals surface area contributed by atoms with Gasteiger partial charge in [-0.3, -0.25) is 9.59 Å². The third-order valence-electron chi connectivity index (χ3n) is 5.18. The third kappa shape index (κ3) is 4.32. The molecule has 0 saturated heterocycles. The van der Waals surface area contributed by atoms with Crippen LogP contribution < -0.4 is 4.74 Å². The molecule has 2 N–H and O–H groups in total. The second kappa shape index (κ2) is 8.66. The number of benzene rings is 3. The van der Waals surface area contributed by atoms with Gasteiger partial charge in [-0.2, -0.15) is 0 Å². The van der Waals surface area contributed by atoms with E-state index in [-0.39, 0.29) is 11.5 Å². The number of carbonyl (C=O) groups is 2. The van der Waals surface area contributed by atoms with Crippen molar-refractivity contribution in [3.63, 3.8) is 0 Å². The first kappa shape index (κ1) is 20.7. The summed E-state index contributed by atoms with van der Waals surface area (Å²) in [4.78, 5) is 28.2. The van der Waals surface area contributed by atoms with Gasteiger partial charge < -0.3 is 14.8 Å². The van der Waals surface area contributed by atoms with E-state index >= 15 is 0 Å². The minimum Gasteiger partial charge on any atom is -0.489 e. The fourth-order valence-electron chi connectivity index (χ4n) is 3.56. The van der Waals surface area contributed by atoms with Gasteiger partial charge in [0.2, 0.25) is 5.78 Å². The van der Waals surface area contributed by atoms with Gasteiger partial charge in [0, 0.05) is 27.1 Å². The summed E-state index contributed by atoms with van der Waals surface area (Å²) in [5.41, 5.74) is 2.73. The molecule has 5 nitrogen and oxygen atoms in total. The highest BCUT2D eigenvalue weighted by Crippen LogP contribution is 2.33. The molecule has 156 valence electrons. The number of hydrogen-bond acceptors (Lipinski definition) is 3. The number of ether oxygens (including phenoxy) is 1. The van der Waals surface area contributed by atoms with E-state index < -0.39 is 11.9 Å². The average molecular weight is 434 g/mol. The van der Waals surface area contributed by atoms with Gasteiger partial charge in [0.1, 0.15) is 12.4 Å². The van der Waals surface area contributed by atoms with E-state index in [0.717, 1.165) is 5.56 Å². The predicted molar refractivity (Wildman–Crippen MR) is 120 cm³/mol. The zero-order valence-corrected chi connectivity index (χ0v) is 17.5. The number of carbonyl (C=O) groups excluding carboxylic acids is 1. The van der Waals surface area contributed by atoms with Crippen LogP contribution in [-0.4, -0.2) is 21.8 Å². The maximum atomic E-state index is 13.4. The number of halogens is 1. The summed E-state index contributed by atoms with van der Waals surface area (Å²) >= 11 is 6.09. The van der Waals surface area contributed by atoms with Crippen LogP contribution in [0, 0.1) is 0 Å². The molecule has 0 amide bonds. The van der Waals surface area contributed by atoms with Crippen LogP contribution >= 0.6 is 11.6 Å². The monoisotopic (exact) mass is 433 g/mol. The Balaban J connectivity index is 1.69. The van der Waals surface area contributed by atoms with Gasteiger partial charge in [0.05, 0.1) is 11.6 Å². The van der Waals surface area contributed by atoms with Gasteiger partial charge >= 0.3 is 5.97 Å². The van der Waals surface area contributed by atoms with E-state index in [2.05, 4.69) is 4.98 Å². The van der Waals surface area contributed by atoms with Crippen molar-refractivity contribution in [2.24, 2.45) is 0 Å². The normalized spacial score (nSPS) is 11.9. The average Bonchev–Trinajstić information content (AvgIpc) is 3.15. The first-order valence-corrected chi connectivity index (χ1v) is 10.2. The molecule has 0 aliphatic heterocycles. The summed E-state index contributed by atoms with van der Waals surface area (Å²) in [6, 6.07) is 21.7. The Kier molecular flexibility index (Phi) is 5.78. The van der Waals surface area contributed by atoms with Crippen molar-refractivity contribution in [3.8, 4) is 5.75 Å². The number of aliphatic carboxylic acids is 1. The fourth-order valence-corrected chi connectivity index (χ4v) is 3.73. The van der Waals surface area contributed by atoms with Gasteiger partial charge in [-0.25, -0.2) is 0 Å². The van der Waals surface area contributed by atoms with Gasteiger partial charge in [-0.05, 0) is 36.8 Å². The molecule has 0 radical (unpaired) electrons. The highest BCUT2D eigenvalue weighted by Gasteiger charge is 2.27. The van der Waals surface area contributed by atoms with Crippen LogP contribution in [0.2, 0.25) is 5.02 Å². The van der Waals surface area contributed by atoms with E-state index in [9.17, 15) is 14.7 Å². The Hall–Kier alpha value is -3.57. The van der Waals surface area contributed by atoms with Crippen LogP contribution in [0.4, 0.5) is 0 Å². The minimum absolute atomic E-state index is 0.243. The fraction of sp³-hybridized carbons (Fsp3) is 0.120. The molecule has 0 aliphatic carbocycles. The van der Waals surface area contributed by atoms with Crippen LogP contribution in [0.3, 0.4) is 0 Å². The molecule has 0 fully saturated rings. The largest absolute Gasteiger partial charge is 0.489 e. The molecule has 4 aromatic rings. The lowest BCUT2D eigenvalue weighted by Crippen LogP contribution is -2.13. The molecular weight excluding hydrogens is 414 g/mol. The Morgan fingerprint density at radius 3 is 2.55 bits per heavy atom. The van der Waals surface area contributed by atoms with Gasteiger partial charge in [-0.1, -0.05) is 60.1 Å². The van der Waals surface area contributed by atoms with Crippen molar-refractivity contribution in [1.29, 1.82) is 0 Å². The highest BCUT2D eigenvalue weighted by molar-refractivity contribution is 6.31. The summed E-state index contributed by atoms with van der Waals surface area (Å²) in [5, 5.41) is 10.8. The summed E-state index contributed by atoms with van der Waals surface area (Å²) in [7, 11) is 0. The van der Waals surface area contributed by atoms with E-state index in [4.69, 9.17) is 16.3 Å². The molecule has 0 saturated carbocycles. The standard InChI is InChI=1S/C25H20ClNO4/c1-15(25(29)30)22-20-11-10-18(26)13-21(20)27-23(22)24(28)17-8-5-9-19(12-17)31-14-16-6-3-2-4-7-16/h2-13,15,27H,14H2,1H3,(H,29,30). The van der Waals surface area contributed by atoms with Crippen molar-refractivity contribution in [2.75, 3.05) is 0 Å². The highest BCUT2D eigenvalue weighted by atomic mass is 35.5. The molecule has 0 aliphatic rings. The number of carboxylic acid groups (broad SMARTS) is 1. The number of aromatic amines is 1. The second-order valence-electron chi connectivity index (χ2n) is 7.29. The lowest BCUT2D eigenvalue weighted by Gasteiger charge is -2.10. The predicted octanol–water partition coefficient (Wildman–Crippen LogP) is 5.82. The molecule has 6 heteroatoms. The van der Waals surface area contributed by atoms with Crippen molar-refractivity contribution < 1.29 is 19.4 Å². The zero-order valence-electron chi connectivity index (χ0n) is 16.8. The summed E-state index contributed by atoms with van der Waals surface area (Å²) in [5.74, 6) is -1.63. The van der Waals surface area contributed by atoms with E-state index in [1.807, 2.05) is 30.3 Å². The SMILES string of the molecule is CC(C(=O)O)c1c(C(=O)c2cccc(OCc3ccccc3)c2)[nH]c2cc(Cl)ccc12. The van der Waals surface area contributed by atoms with Gasteiger partial charge in [0.15, 0.2) is 0 Å². The van der Waals surface area contributed by atoms with Crippen LogP contribution in [-0.2, 0) is 11.4 Å². The van der Waals surface area contributed by atoms with Crippen molar-refractivity contribution in [1.82, 2.24) is 4.98 Å².